The molecule has 0 saturated heterocycles. The Balaban J connectivity index is 1.73. The van der Waals surface area contributed by atoms with Crippen molar-refractivity contribution in [2.24, 2.45) is 0 Å². The molecule has 1 aliphatic heterocycles. The lowest BCUT2D eigenvalue weighted by molar-refractivity contribution is -0.385. The van der Waals surface area contributed by atoms with Crippen LogP contribution < -0.4 is 10.1 Å². The highest BCUT2D eigenvalue weighted by Gasteiger charge is 2.23. The number of fused-ring (bicyclic) bond motifs is 1. The Bertz CT molecular complexity index is 690. The third-order valence-electron chi connectivity index (χ3n) is 3.41. The van der Waals surface area contributed by atoms with Crippen LogP contribution in [0.15, 0.2) is 46.9 Å². The van der Waals surface area contributed by atoms with Crippen molar-refractivity contribution in [2.45, 2.75) is 12.6 Å². The molecule has 0 radical (unpaired) electrons. The van der Waals surface area contributed by atoms with Gasteiger partial charge in [0.2, 0.25) is 0 Å². The van der Waals surface area contributed by atoms with Gasteiger partial charge in [0.05, 0.1) is 11.0 Å². The van der Waals surface area contributed by atoms with E-state index in [-0.39, 0.29) is 16.7 Å². The molecule has 1 heterocycles. The number of para-hydroxylation sites is 1. The van der Waals surface area contributed by atoms with Crippen LogP contribution >= 0.6 is 15.9 Å². The number of nitro groups is 1. The molecule has 0 aliphatic carbocycles. The van der Waals surface area contributed by atoms with Gasteiger partial charge in [0.1, 0.15) is 12.4 Å². The number of benzene rings is 2. The van der Waals surface area contributed by atoms with E-state index >= 15 is 0 Å². The third-order valence-corrected chi connectivity index (χ3v) is 3.86. The molecule has 21 heavy (non-hydrogen) atoms. The van der Waals surface area contributed by atoms with Crippen LogP contribution in [-0.2, 0) is 6.54 Å². The Morgan fingerprint density at radius 1 is 1.33 bits per heavy atom. The molecule has 0 amide bonds. The zero-order valence-corrected chi connectivity index (χ0v) is 12.7. The van der Waals surface area contributed by atoms with Gasteiger partial charge in [0.25, 0.3) is 5.69 Å². The summed E-state index contributed by atoms with van der Waals surface area (Å²) in [5, 5.41) is 14.3. The minimum atomic E-state index is -0.387. The number of hydrogen-bond acceptors (Lipinski definition) is 4. The van der Waals surface area contributed by atoms with Crippen LogP contribution in [0.4, 0.5) is 5.69 Å². The van der Waals surface area contributed by atoms with Gasteiger partial charge in [-0.25, -0.2) is 0 Å². The molecule has 1 N–H and O–H groups in total. The molecule has 5 nitrogen and oxygen atoms in total. The van der Waals surface area contributed by atoms with Crippen LogP contribution in [0, 0.1) is 10.1 Å². The maximum atomic E-state index is 10.9. The second-order valence-electron chi connectivity index (χ2n) is 4.86. The standard InChI is InChI=1S/C15H13BrN2O3/c16-11-5-10(6-12(7-11)18(19)20)8-17-14-9-21-15-4-2-1-3-13(14)15/h1-7,14,17H,8-9H2. The molecule has 0 bridgehead atoms. The van der Waals surface area contributed by atoms with Crippen LogP contribution in [0.5, 0.6) is 5.75 Å². The van der Waals surface area contributed by atoms with Crippen molar-refractivity contribution in [1.29, 1.82) is 0 Å². The maximum Gasteiger partial charge on any atom is 0.270 e. The van der Waals surface area contributed by atoms with Gasteiger partial charge in [-0.2, -0.15) is 0 Å². The minimum Gasteiger partial charge on any atom is -0.491 e. The molecular weight excluding hydrogens is 336 g/mol. The summed E-state index contributed by atoms with van der Waals surface area (Å²) in [6.45, 7) is 1.12. The number of ether oxygens (including phenoxy) is 1. The molecule has 2 aromatic rings. The van der Waals surface area contributed by atoms with E-state index in [9.17, 15) is 10.1 Å². The summed E-state index contributed by atoms with van der Waals surface area (Å²) in [4.78, 5) is 10.5. The number of non-ortho nitro benzene ring substituents is 1. The first-order valence-electron chi connectivity index (χ1n) is 6.52. The van der Waals surface area contributed by atoms with Gasteiger partial charge in [-0.1, -0.05) is 34.1 Å². The van der Waals surface area contributed by atoms with Crippen LogP contribution in [0.2, 0.25) is 0 Å². The molecule has 0 saturated carbocycles. The van der Waals surface area contributed by atoms with E-state index in [4.69, 9.17) is 4.74 Å². The Kier molecular flexibility index (Phi) is 3.90. The first kappa shape index (κ1) is 14.0. The summed E-state index contributed by atoms with van der Waals surface area (Å²) in [6, 6.07) is 13.0. The van der Waals surface area contributed by atoms with Crippen molar-refractivity contribution >= 4 is 21.6 Å². The van der Waals surface area contributed by atoms with Gasteiger partial charge in [-0.15, -0.1) is 0 Å². The van der Waals surface area contributed by atoms with Crippen LogP contribution in [0.3, 0.4) is 0 Å². The molecule has 1 unspecified atom stereocenters. The Morgan fingerprint density at radius 3 is 2.95 bits per heavy atom. The second-order valence-corrected chi connectivity index (χ2v) is 5.77. The van der Waals surface area contributed by atoms with Gasteiger partial charge in [0.15, 0.2) is 0 Å². The largest absolute Gasteiger partial charge is 0.491 e. The fourth-order valence-electron chi connectivity index (χ4n) is 2.41. The van der Waals surface area contributed by atoms with E-state index in [1.165, 1.54) is 6.07 Å². The predicted octanol–water partition coefficient (Wildman–Crippen LogP) is 3.58. The number of nitro benzene ring substituents is 1. The van der Waals surface area contributed by atoms with Crippen molar-refractivity contribution in [3.05, 3.63) is 68.2 Å². The van der Waals surface area contributed by atoms with Crippen LogP contribution in [-0.4, -0.2) is 11.5 Å². The highest BCUT2D eigenvalue weighted by molar-refractivity contribution is 9.10. The lowest BCUT2D eigenvalue weighted by Crippen LogP contribution is -2.22. The SMILES string of the molecule is O=[N+]([O-])c1cc(Br)cc(CNC2COc3ccccc32)c1. The summed E-state index contributed by atoms with van der Waals surface area (Å²) < 4.78 is 6.31. The number of rotatable bonds is 4. The van der Waals surface area contributed by atoms with Gasteiger partial charge in [0, 0.05) is 28.7 Å². The zero-order chi connectivity index (χ0) is 14.8. The molecular formula is C15H13BrN2O3. The van der Waals surface area contributed by atoms with Crippen molar-refractivity contribution in [3.8, 4) is 5.75 Å². The van der Waals surface area contributed by atoms with Crippen LogP contribution in [0.1, 0.15) is 17.2 Å². The van der Waals surface area contributed by atoms with Gasteiger partial charge in [-0.3, -0.25) is 10.1 Å². The van der Waals surface area contributed by atoms with E-state index < -0.39 is 0 Å². The number of nitrogens with one attached hydrogen (secondary N) is 1. The fourth-order valence-corrected chi connectivity index (χ4v) is 2.94. The monoisotopic (exact) mass is 348 g/mol. The van der Waals surface area contributed by atoms with Crippen LogP contribution in [0.25, 0.3) is 0 Å². The number of hydrogen-bond donors (Lipinski definition) is 1. The molecule has 3 rings (SSSR count). The number of halogens is 1. The number of nitrogens with zero attached hydrogens (tertiary/aromatic N) is 1. The van der Waals surface area contributed by atoms with Gasteiger partial charge >= 0.3 is 0 Å². The molecule has 1 atom stereocenters. The third kappa shape index (κ3) is 3.06. The minimum absolute atomic E-state index is 0.0873. The average Bonchev–Trinajstić information content (AvgIpc) is 2.88. The first-order chi connectivity index (χ1) is 10.1. The Labute approximate surface area is 130 Å². The van der Waals surface area contributed by atoms with Gasteiger partial charge < -0.3 is 10.1 Å². The lowest BCUT2D eigenvalue weighted by Gasteiger charge is -2.11. The summed E-state index contributed by atoms with van der Waals surface area (Å²) in [6.07, 6.45) is 0. The van der Waals surface area contributed by atoms with E-state index in [2.05, 4.69) is 21.2 Å². The summed E-state index contributed by atoms with van der Waals surface area (Å²) in [7, 11) is 0. The molecule has 2 aromatic carbocycles. The Morgan fingerprint density at radius 2 is 2.14 bits per heavy atom. The van der Waals surface area contributed by atoms with Crippen molar-refractivity contribution in [1.82, 2.24) is 5.32 Å². The van der Waals surface area contributed by atoms with E-state index in [1.807, 2.05) is 30.3 Å². The fraction of sp³-hybridized carbons (Fsp3) is 0.200. The summed E-state index contributed by atoms with van der Waals surface area (Å²) >= 11 is 3.30. The quantitative estimate of drug-likeness (QED) is 0.677. The van der Waals surface area contributed by atoms with Gasteiger partial charge in [-0.05, 0) is 17.7 Å². The summed E-state index contributed by atoms with van der Waals surface area (Å²) in [5.41, 5.74) is 2.08. The van der Waals surface area contributed by atoms with E-state index in [0.717, 1.165) is 16.9 Å². The lowest BCUT2D eigenvalue weighted by atomic mass is 10.1. The molecule has 0 fully saturated rings. The van der Waals surface area contributed by atoms with E-state index in [0.29, 0.717) is 17.6 Å². The highest BCUT2D eigenvalue weighted by atomic mass is 79.9. The molecule has 108 valence electrons. The normalized spacial score (nSPS) is 16.3. The Hall–Kier alpha value is -1.92. The highest BCUT2D eigenvalue weighted by Crippen LogP contribution is 2.32. The van der Waals surface area contributed by atoms with Crippen molar-refractivity contribution in [3.63, 3.8) is 0 Å². The first-order valence-corrected chi connectivity index (χ1v) is 7.32. The second kappa shape index (κ2) is 5.83. The molecule has 1 aliphatic rings. The average molecular weight is 349 g/mol. The molecule has 6 heteroatoms. The van der Waals surface area contributed by atoms with E-state index in [1.54, 1.807) is 6.07 Å². The predicted molar refractivity (Wildman–Crippen MR) is 82.3 cm³/mol. The topological polar surface area (TPSA) is 64.4 Å². The van der Waals surface area contributed by atoms with Crippen molar-refractivity contribution in [2.75, 3.05) is 6.61 Å². The smallest absolute Gasteiger partial charge is 0.270 e. The molecule has 0 aromatic heterocycles. The molecule has 0 spiro atoms. The zero-order valence-electron chi connectivity index (χ0n) is 11.1. The summed E-state index contributed by atoms with van der Waals surface area (Å²) in [5.74, 6) is 0.898. The maximum absolute atomic E-state index is 10.9. The van der Waals surface area contributed by atoms with Crippen molar-refractivity contribution < 1.29 is 9.66 Å².